The second kappa shape index (κ2) is 6.73. The molecule has 1 saturated carbocycles. The Balaban J connectivity index is 2.15. The third-order valence-corrected chi connectivity index (χ3v) is 3.19. The average Bonchev–Trinajstić information content (AvgIpc) is 2.28. The van der Waals surface area contributed by atoms with E-state index >= 15 is 0 Å². The predicted octanol–water partition coefficient (Wildman–Crippen LogP) is 0.679. The minimum absolute atomic E-state index is 0.0111. The van der Waals surface area contributed by atoms with Crippen molar-refractivity contribution >= 4 is 11.8 Å². The fourth-order valence-electron chi connectivity index (χ4n) is 2.06. The molecule has 4 N–H and O–H groups in total. The molecule has 0 spiro atoms. The smallest absolute Gasteiger partial charge is 0.239 e. The van der Waals surface area contributed by atoms with Crippen LogP contribution >= 0.6 is 0 Å². The molecule has 0 aromatic heterocycles. The number of carbonyl (C=O) groups excluding carboxylic acids is 2. The lowest BCUT2D eigenvalue weighted by Gasteiger charge is -2.23. The van der Waals surface area contributed by atoms with Gasteiger partial charge in [0.1, 0.15) is 0 Å². The van der Waals surface area contributed by atoms with Gasteiger partial charge in [-0.05, 0) is 26.7 Å². The molecule has 1 rings (SSSR count). The first-order chi connectivity index (χ1) is 8.39. The van der Waals surface area contributed by atoms with E-state index in [1.54, 1.807) is 13.8 Å². The molecular weight excluding hydrogens is 230 g/mol. The largest absolute Gasteiger partial charge is 0.354 e. The second-order valence-electron chi connectivity index (χ2n) is 5.63. The highest BCUT2D eigenvalue weighted by atomic mass is 16.2. The van der Waals surface area contributed by atoms with Crippen LogP contribution in [0.1, 0.15) is 52.4 Å². The van der Waals surface area contributed by atoms with Crippen molar-refractivity contribution in [3.8, 4) is 0 Å². The summed E-state index contributed by atoms with van der Waals surface area (Å²) in [5, 5.41) is 5.68. The molecule has 0 radical (unpaired) electrons. The zero-order valence-electron chi connectivity index (χ0n) is 11.4. The maximum atomic E-state index is 11.6. The van der Waals surface area contributed by atoms with Crippen LogP contribution in [0.15, 0.2) is 0 Å². The fourth-order valence-corrected chi connectivity index (χ4v) is 2.06. The van der Waals surface area contributed by atoms with Gasteiger partial charge in [-0.1, -0.05) is 19.3 Å². The van der Waals surface area contributed by atoms with E-state index in [1.807, 2.05) is 0 Å². The molecule has 0 aromatic carbocycles. The zero-order chi connectivity index (χ0) is 13.6. The quantitative estimate of drug-likeness (QED) is 0.675. The van der Waals surface area contributed by atoms with Gasteiger partial charge in [0.2, 0.25) is 11.8 Å². The Morgan fingerprint density at radius 1 is 1.22 bits per heavy atom. The van der Waals surface area contributed by atoms with E-state index in [9.17, 15) is 9.59 Å². The Bertz CT molecular complexity index is 291. The molecule has 0 atom stereocenters. The molecule has 5 heteroatoms. The van der Waals surface area contributed by atoms with Gasteiger partial charge in [-0.3, -0.25) is 9.59 Å². The number of amides is 2. The molecule has 1 fully saturated rings. The average molecular weight is 255 g/mol. The summed E-state index contributed by atoms with van der Waals surface area (Å²) in [6.45, 7) is 3.63. The van der Waals surface area contributed by atoms with Crippen molar-refractivity contribution in [1.82, 2.24) is 10.6 Å². The summed E-state index contributed by atoms with van der Waals surface area (Å²) in [5.41, 5.74) is 4.74. The van der Waals surface area contributed by atoms with E-state index in [0.717, 1.165) is 12.8 Å². The molecule has 0 aliphatic heterocycles. The molecule has 0 unspecified atom stereocenters. The third kappa shape index (κ3) is 5.49. The molecule has 2 amide bonds. The van der Waals surface area contributed by atoms with Gasteiger partial charge < -0.3 is 16.4 Å². The summed E-state index contributed by atoms with van der Waals surface area (Å²) in [5.74, 6) is -0.218. The monoisotopic (exact) mass is 255 g/mol. The van der Waals surface area contributed by atoms with Crippen LogP contribution in [0.25, 0.3) is 0 Å². The normalized spacial score (nSPS) is 17.3. The molecule has 0 bridgehead atoms. The van der Waals surface area contributed by atoms with Gasteiger partial charge in [-0.25, -0.2) is 0 Å². The van der Waals surface area contributed by atoms with Crippen molar-refractivity contribution in [2.75, 3.05) is 6.54 Å². The summed E-state index contributed by atoms with van der Waals surface area (Å²) < 4.78 is 0. The Hall–Kier alpha value is -1.10. The first-order valence-electron chi connectivity index (χ1n) is 6.76. The van der Waals surface area contributed by atoms with Gasteiger partial charge in [-0.15, -0.1) is 0 Å². The highest BCUT2D eigenvalue weighted by molar-refractivity contribution is 5.85. The number of hydrogen-bond donors (Lipinski definition) is 3. The minimum atomic E-state index is -0.889. The van der Waals surface area contributed by atoms with E-state index in [2.05, 4.69) is 10.6 Å². The molecule has 0 heterocycles. The van der Waals surface area contributed by atoms with Crippen molar-refractivity contribution < 1.29 is 9.59 Å². The van der Waals surface area contributed by atoms with Crippen LogP contribution in [0.5, 0.6) is 0 Å². The molecule has 5 nitrogen and oxygen atoms in total. The lowest BCUT2D eigenvalue weighted by molar-refractivity contribution is -0.125. The van der Waals surface area contributed by atoms with Crippen molar-refractivity contribution in [1.29, 1.82) is 0 Å². The molecule has 18 heavy (non-hydrogen) atoms. The van der Waals surface area contributed by atoms with Crippen LogP contribution < -0.4 is 16.4 Å². The van der Waals surface area contributed by atoms with E-state index in [-0.39, 0.29) is 11.8 Å². The standard InChI is InChI=1S/C13H25N3O2/c1-13(2,14)12(18)15-9-8-11(17)16-10-6-4-3-5-7-10/h10H,3-9,14H2,1-2H3,(H,15,18)(H,16,17). The summed E-state index contributed by atoms with van der Waals surface area (Å²) in [6, 6.07) is 0.327. The van der Waals surface area contributed by atoms with Crippen molar-refractivity contribution in [3.63, 3.8) is 0 Å². The topological polar surface area (TPSA) is 84.2 Å². The minimum Gasteiger partial charge on any atom is -0.354 e. The van der Waals surface area contributed by atoms with Crippen LogP contribution in [-0.4, -0.2) is 29.9 Å². The molecule has 1 aliphatic carbocycles. The SMILES string of the molecule is CC(C)(N)C(=O)NCCC(=O)NC1CCCCC1. The molecule has 0 saturated heterocycles. The van der Waals surface area contributed by atoms with Crippen LogP contribution in [0.2, 0.25) is 0 Å². The maximum absolute atomic E-state index is 11.6. The number of nitrogens with two attached hydrogens (primary N) is 1. The first-order valence-corrected chi connectivity index (χ1v) is 6.76. The van der Waals surface area contributed by atoms with E-state index in [1.165, 1.54) is 19.3 Å². The Morgan fingerprint density at radius 3 is 2.39 bits per heavy atom. The molecule has 104 valence electrons. The van der Waals surface area contributed by atoms with Crippen LogP contribution in [-0.2, 0) is 9.59 Å². The van der Waals surface area contributed by atoms with Crippen LogP contribution in [0.3, 0.4) is 0 Å². The summed E-state index contributed by atoms with van der Waals surface area (Å²) in [6.07, 6.45) is 6.14. The molecule has 1 aliphatic rings. The Kier molecular flexibility index (Phi) is 5.59. The summed E-state index contributed by atoms with van der Waals surface area (Å²) in [7, 11) is 0. The van der Waals surface area contributed by atoms with Crippen LogP contribution in [0.4, 0.5) is 0 Å². The number of carbonyl (C=O) groups is 2. The third-order valence-electron chi connectivity index (χ3n) is 3.19. The summed E-state index contributed by atoms with van der Waals surface area (Å²) >= 11 is 0. The van der Waals surface area contributed by atoms with E-state index in [4.69, 9.17) is 5.73 Å². The van der Waals surface area contributed by atoms with Gasteiger partial charge in [-0.2, -0.15) is 0 Å². The van der Waals surface area contributed by atoms with Crippen molar-refractivity contribution in [2.45, 2.75) is 64.0 Å². The zero-order valence-corrected chi connectivity index (χ0v) is 11.4. The van der Waals surface area contributed by atoms with Crippen LogP contribution in [0, 0.1) is 0 Å². The fraction of sp³-hybridized carbons (Fsp3) is 0.846. The Morgan fingerprint density at radius 2 is 1.83 bits per heavy atom. The van der Waals surface area contributed by atoms with Gasteiger partial charge >= 0.3 is 0 Å². The predicted molar refractivity (Wildman–Crippen MR) is 70.9 cm³/mol. The number of hydrogen-bond acceptors (Lipinski definition) is 3. The number of nitrogens with one attached hydrogen (secondary N) is 2. The molecular formula is C13H25N3O2. The van der Waals surface area contributed by atoms with E-state index in [0.29, 0.717) is 19.0 Å². The highest BCUT2D eigenvalue weighted by Gasteiger charge is 2.21. The lowest BCUT2D eigenvalue weighted by atomic mass is 9.95. The van der Waals surface area contributed by atoms with Gasteiger partial charge in [0.25, 0.3) is 0 Å². The van der Waals surface area contributed by atoms with Gasteiger partial charge in [0.15, 0.2) is 0 Å². The number of rotatable bonds is 5. The lowest BCUT2D eigenvalue weighted by Crippen LogP contribution is -2.49. The van der Waals surface area contributed by atoms with Crippen molar-refractivity contribution in [3.05, 3.63) is 0 Å². The summed E-state index contributed by atoms with van der Waals surface area (Å²) in [4.78, 5) is 23.1. The Labute approximate surface area is 109 Å². The maximum Gasteiger partial charge on any atom is 0.239 e. The second-order valence-corrected chi connectivity index (χ2v) is 5.63. The van der Waals surface area contributed by atoms with Crippen molar-refractivity contribution in [2.24, 2.45) is 5.73 Å². The van der Waals surface area contributed by atoms with Gasteiger partial charge in [0.05, 0.1) is 5.54 Å². The highest BCUT2D eigenvalue weighted by Crippen LogP contribution is 2.17. The molecule has 0 aromatic rings. The van der Waals surface area contributed by atoms with Gasteiger partial charge in [0, 0.05) is 19.0 Å². The van der Waals surface area contributed by atoms with E-state index < -0.39 is 5.54 Å². The first kappa shape index (κ1) is 15.0.